The van der Waals surface area contributed by atoms with Crippen LogP contribution < -0.4 is 0 Å². The number of aliphatic hydroxyl groups excluding tert-OH is 5. The molecule has 0 aliphatic carbocycles. The molecule has 1 heterocycles. The van der Waals surface area contributed by atoms with Crippen molar-refractivity contribution in [3.63, 3.8) is 0 Å². The van der Waals surface area contributed by atoms with Gasteiger partial charge in [0.2, 0.25) is 0 Å². The summed E-state index contributed by atoms with van der Waals surface area (Å²) in [6.07, 6.45) is -6.45. The van der Waals surface area contributed by atoms with Crippen LogP contribution >= 0.6 is 0 Å². The van der Waals surface area contributed by atoms with Crippen molar-refractivity contribution < 1.29 is 42.7 Å². The number of hydrogen-bond acceptors (Lipinski definition) is 8. The third kappa shape index (κ3) is 5.42. The molecule has 6 N–H and O–H groups in total. The van der Waals surface area contributed by atoms with E-state index in [0.717, 1.165) is 0 Å². The predicted octanol–water partition coefficient (Wildman–Crippen LogP) is -3.76. The first-order valence-electron chi connectivity index (χ1n) is 5.77. The number of hydrogen-bond donors (Lipinski definition) is 6. The molecule has 0 radical (unpaired) electrons. The van der Waals surface area contributed by atoms with Crippen LogP contribution in [0.3, 0.4) is 0 Å². The van der Waals surface area contributed by atoms with E-state index >= 15 is 0 Å². The fourth-order valence-electron chi connectivity index (χ4n) is 1.86. The Kier molecular flexibility index (Phi) is 6.63. The highest BCUT2D eigenvalue weighted by atomic mass is 32.3. The maximum Gasteiger partial charge on any atom is 0.397 e. The molecule has 11 heteroatoms. The standard InChI is InChI=1S/C9H18O9S2/c10-1-8(18-20(15,16)17)5(11)2-19-3-6(12)9(14)7(13)4-19/h5-14H,1-4H2/p+1/t5-,6-,7+,8+,9?,19?/m0/s1. The third-order valence-corrected chi connectivity index (χ3v) is 5.79. The van der Waals surface area contributed by atoms with Gasteiger partial charge in [0.15, 0.2) is 0 Å². The average molecular weight is 335 g/mol. The lowest BCUT2D eigenvalue weighted by Crippen LogP contribution is -2.53. The quantitative estimate of drug-likeness (QED) is 0.211. The second-order valence-electron chi connectivity index (χ2n) is 4.55. The first kappa shape index (κ1) is 18.1. The van der Waals surface area contributed by atoms with E-state index in [1.54, 1.807) is 0 Å². The normalized spacial score (nSPS) is 34.7. The van der Waals surface area contributed by atoms with Gasteiger partial charge in [0.25, 0.3) is 0 Å². The SMILES string of the molecule is O=S(=O)(O)O[C@H](CO)[C@@H](O)C[S+]1C[C@@H](O)C(O)[C@@H](O)C1. The van der Waals surface area contributed by atoms with Crippen LogP contribution in [0.15, 0.2) is 0 Å². The van der Waals surface area contributed by atoms with Crippen molar-refractivity contribution in [3.05, 3.63) is 0 Å². The summed E-state index contributed by atoms with van der Waals surface area (Å²) in [6.45, 7) is -0.827. The van der Waals surface area contributed by atoms with Crippen molar-refractivity contribution >= 4 is 21.3 Å². The summed E-state index contributed by atoms with van der Waals surface area (Å²) >= 11 is 0. The zero-order chi connectivity index (χ0) is 15.5. The predicted molar refractivity (Wildman–Crippen MR) is 69.5 cm³/mol. The fourth-order valence-corrected chi connectivity index (χ4v) is 4.83. The fraction of sp³-hybridized carbons (Fsp3) is 1.00. The molecule has 0 bridgehead atoms. The van der Waals surface area contributed by atoms with E-state index < -0.39 is 58.4 Å². The lowest BCUT2D eigenvalue weighted by Gasteiger charge is -2.29. The highest BCUT2D eigenvalue weighted by molar-refractivity contribution is 7.97. The Hall–Kier alpha value is 0.0200. The molecular weight excluding hydrogens is 316 g/mol. The Labute approximate surface area is 119 Å². The summed E-state index contributed by atoms with van der Waals surface area (Å²) in [6, 6.07) is 0. The minimum atomic E-state index is -4.81. The molecule has 1 aliphatic rings. The summed E-state index contributed by atoms with van der Waals surface area (Å²) in [5.41, 5.74) is 0. The number of rotatable bonds is 6. The van der Waals surface area contributed by atoms with E-state index in [-0.39, 0.29) is 17.3 Å². The largest absolute Gasteiger partial charge is 0.397 e. The molecule has 1 aliphatic heterocycles. The zero-order valence-electron chi connectivity index (χ0n) is 10.4. The molecule has 20 heavy (non-hydrogen) atoms. The van der Waals surface area contributed by atoms with Gasteiger partial charge in [-0.25, -0.2) is 4.18 Å². The van der Waals surface area contributed by atoms with Crippen molar-refractivity contribution in [1.29, 1.82) is 0 Å². The van der Waals surface area contributed by atoms with Gasteiger partial charge in [-0.05, 0) is 10.9 Å². The number of aliphatic hydroxyl groups is 5. The minimum absolute atomic E-state index is 0.0401. The monoisotopic (exact) mass is 335 g/mol. The summed E-state index contributed by atoms with van der Waals surface area (Å²) in [7, 11) is -5.49. The van der Waals surface area contributed by atoms with Gasteiger partial charge in [-0.2, -0.15) is 8.42 Å². The van der Waals surface area contributed by atoms with Gasteiger partial charge in [0.05, 0.1) is 6.61 Å². The van der Waals surface area contributed by atoms with Crippen LogP contribution in [0.4, 0.5) is 0 Å². The molecule has 0 spiro atoms. The Morgan fingerprint density at radius 1 is 1.20 bits per heavy atom. The molecule has 2 unspecified atom stereocenters. The molecule has 0 aromatic carbocycles. The van der Waals surface area contributed by atoms with Crippen molar-refractivity contribution in [2.45, 2.75) is 30.5 Å². The highest BCUT2D eigenvalue weighted by Crippen LogP contribution is 2.18. The molecule has 120 valence electrons. The van der Waals surface area contributed by atoms with Crippen LogP contribution in [0, 0.1) is 0 Å². The van der Waals surface area contributed by atoms with Crippen LogP contribution in [-0.4, -0.2) is 92.9 Å². The van der Waals surface area contributed by atoms with Crippen LogP contribution in [0.25, 0.3) is 0 Å². The van der Waals surface area contributed by atoms with Gasteiger partial charge in [0.1, 0.15) is 47.8 Å². The molecule has 0 aromatic heterocycles. The lowest BCUT2D eigenvalue weighted by molar-refractivity contribution is -0.0456. The van der Waals surface area contributed by atoms with Gasteiger partial charge >= 0.3 is 10.4 Å². The molecular formula is C9H19O9S2+. The molecule has 0 amide bonds. The second-order valence-corrected chi connectivity index (χ2v) is 7.82. The average Bonchev–Trinajstić information content (AvgIpc) is 2.31. The van der Waals surface area contributed by atoms with Crippen LogP contribution in [-0.2, 0) is 25.5 Å². The van der Waals surface area contributed by atoms with Crippen molar-refractivity contribution in [2.24, 2.45) is 0 Å². The maximum atomic E-state index is 10.5. The van der Waals surface area contributed by atoms with E-state index in [1.807, 2.05) is 0 Å². The Morgan fingerprint density at radius 2 is 1.70 bits per heavy atom. The summed E-state index contributed by atoms with van der Waals surface area (Å²) in [5, 5.41) is 47.1. The Bertz CT molecular complexity index is 388. The zero-order valence-corrected chi connectivity index (χ0v) is 12.1. The van der Waals surface area contributed by atoms with Crippen LogP contribution in [0.2, 0.25) is 0 Å². The van der Waals surface area contributed by atoms with Crippen molar-refractivity contribution in [3.8, 4) is 0 Å². The van der Waals surface area contributed by atoms with Crippen LogP contribution in [0.1, 0.15) is 0 Å². The van der Waals surface area contributed by atoms with Gasteiger partial charge < -0.3 is 25.5 Å². The van der Waals surface area contributed by atoms with E-state index in [4.69, 9.17) is 9.66 Å². The molecule has 0 aromatic rings. The lowest BCUT2D eigenvalue weighted by atomic mass is 10.1. The van der Waals surface area contributed by atoms with E-state index in [9.17, 15) is 28.8 Å². The van der Waals surface area contributed by atoms with Gasteiger partial charge in [-0.1, -0.05) is 0 Å². The topological polar surface area (TPSA) is 165 Å². The minimum Gasteiger partial charge on any atom is -0.394 e. The van der Waals surface area contributed by atoms with Crippen molar-refractivity contribution in [1.82, 2.24) is 0 Å². The molecule has 9 nitrogen and oxygen atoms in total. The van der Waals surface area contributed by atoms with E-state index in [0.29, 0.717) is 0 Å². The van der Waals surface area contributed by atoms with E-state index in [2.05, 4.69) is 4.18 Å². The van der Waals surface area contributed by atoms with Crippen molar-refractivity contribution in [2.75, 3.05) is 23.9 Å². The van der Waals surface area contributed by atoms with Gasteiger partial charge in [-0.15, -0.1) is 0 Å². The maximum absolute atomic E-state index is 10.5. The molecule has 6 atom stereocenters. The molecule has 0 saturated carbocycles. The second kappa shape index (κ2) is 7.33. The third-order valence-electron chi connectivity index (χ3n) is 2.86. The Morgan fingerprint density at radius 3 is 2.10 bits per heavy atom. The van der Waals surface area contributed by atoms with Gasteiger partial charge in [0, 0.05) is 0 Å². The molecule has 1 saturated heterocycles. The highest BCUT2D eigenvalue weighted by Gasteiger charge is 2.43. The smallest absolute Gasteiger partial charge is 0.394 e. The van der Waals surface area contributed by atoms with Crippen LogP contribution in [0.5, 0.6) is 0 Å². The first-order chi connectivity index (χ1) is 9.14. The summed E-state index contributed by atoms with van der Waals surface area (Å²) in [5.74, 6) is 0.236. The summed E-state index contributed by atoms with van der Waals surface area (Å²) in [4.78, 5) is 0. The van der Waals surface area contributed by atoms with Gasteiger partial charge in [-0.3, -0.25) is 4.55 Å². The first-order valence-corrected chi connectivity index (χ1v) is 8.86. The molecule has 1 fully saturated rings. The molecule has 1 rings (SSSR count). The Balaban J connectivity index is 2.58. The summed E-state index contributed by atoms with van der Waals surface area (Å²) < 4.78 is 33.7. The van der Waals surface area contributed by atoms with E-state index in [1.165, 1.54) is 0 Å².